The molecule has 3 rings (SSSR count). The molecule has 2 heterocycles. The van der Waals surface area contributed by atoms with E-state index in [4.69, 9.17) is 0 Å². The van der Waals surface area contributed by atoms with E-state index in [0.29, 0.717) is 6.04 Å². The Morgan fingerprint density at radius 2 is 1.76 bits per heavy atom. The number of nitrogens with one attached hydrogen (secondary N) is 1. The lowest BCUT2D eigenvalue weighted by Gasteiger charge is -2.36. The maximum absolute atomic E-state index is 12.5. The monoisotopic (exact) mass is 293 g/mol. The second-order valence-electron chi connectivity index (χ2n) is 6.83. The summed E-state index contributed by atoms with van der Waals surface area (Å²) in [5, 5.41) is 3.11. The van der Waals surface area contributed by atoms with E-state index >= 15 is 0 Å². The predicted octanol–water partition coefficient (Wildman–Crippen LogP) is 0.988. The van der Waals surface area contributed by atoms with Crippen molar-refractivity contribution in [3.8, 4) is 0 Å². The van der Waals surface area contributed by atoms with E-state index in [9.17, 15) is 9.59 Å². The van der Waals surface area contributed by atoms with Gasteiger partial charge in [0.05, 0.1) is 12.0 Å². The number of piperidine rings is 1. The SMILES string of the molecule is C[C@@H](C(=O)N1CCCC1)N1CCC[C@@H](C(=O)NC2CC2)C1. The largest absolute Gasteiger partial charge is 0.353 e. The zero-order valence-corrected chi connectivity index (χ0v) is 13.0. The fourth-order valence-electron chi connectivity index (χ4n) is 3.48. The average Bonchev–Trinajstić information content (AvgIpc) is 3.15. The Morgan fingerprint density at radius 1 is 1.05 bits per heavy atom. The molecule has 1 aliphatic carbocycles. The van der Waals surface area contributed by atoms with Gasteiger partial charge in [0.1, 0.15) is 0 Å². The first-order chi connectivity index (χ1) is 10.1. The highest BCUT2D eigenvalue weighted by molar-refractivity contribution is 5.82. The van der Waals surface area contributed by atoms with Crippen LogP contribution in [0, 0.1) is 5.92 Å². The molecule has 0 unspecified atom stereocenters. The van der Waals surface area contributed by atoms with Crippen LogP contribution < -0.4 is 5.32 Å². The molecule has 2 aliphatic heterocycles. The lowest BCUT2D eigenvalue weighted by atomic mass is 9.95. The van der Waals surface area contributed by atoms with Crippen LogP contribution in [0.15, 0.2) is 0 Å². The highest BCUT2D eigenvalue weighted by Gasteiger charge is 2.34. The van der Waals surface area contributed by atoms with E-state index in [1.165, 1.54) is 0 Å². The lowest BCUT2D eigenvalue weighted by molar-refractivity contribution is -0.137. The minimum absolute atomic E-state index is 0.0631. The van der Waals surface area contributed by atoms with Gasteiger partial charge >= 0.3 is 0 Å². The molecule has 0 bridgehead atoms. The predicted molar refractivity (Wildman–Crippen MR) is 80.7 cm³/mol. The van der Waals surface area contributed by atoms with Gasteiger partial charge in [-0.2, -0.15) is 0 Å². The van der Waals surface area contributed by atoms with E-state index in [-0.39, 0.29) is 23.8 Å². The zero-order valence-electron chi connectivity index (χ0n) is 13.0. The third-order valence-corrected chi connectivity index (χ3v) is 5.07. The summed E-state index contributed by atoms with van der Waals surface area (Å²) in [5.41, 5.74) is 0. The summed E-state index contributed by atoms with van der Waals surface area (Å²) in [6.07, 6.45) is 6.49. The molecular weight excluding hydrogens is 266 g/mol. The van der Waals surface area contributed by atoms with Crippen LogP contribution in [0.3, 0.4) is 0 Å². The highest BCUT2D eigenvalue weighted by atomic mass is 16.2. The van der Waals surface area contributed by atoms with Crippen LogP contribution in [-0.2, 0) is 9.59 Å². The van der Waals surface area contributed by atoms with Gasteiger partial charge in [0.15, 0.2) is 0 Å². The first-order valence-corrected chi connectivity index (χ1v) is 8.48. The molecular formula is C16H27N3O2. The number of hydrogen-bond acceptors (Lipinski definition) is 3. The normalized spacial score (nSPS) is 28.4. The van der Waals surface area contributed by atoms with E-state index in [2.05, 4.69) is 10.2 Å². The van der Waals surface area contributed by atoms with Crippen molar-refractivity contribution < 1.29 is 9.59 Å². The van der Waals surface area contributed by atoms with Crippen LogP contribution in [0.2, 0.25) is 0 Å². The van der Waals surface area contributed by atoms with Gasteiger partial charge in [-0.25, -0.2) is 0 Å². The molecule has 0 radical (unpaired) electrons. The van der Waals surface area contributed by atoms with Gasteiger partial charge in [-0.1, -0.05) is 0 Å². The molecule has 0 aromatic heterocycles. The van der Waals surface area contributed by atoms with Crippen LogP contribution in [0.4, 0.5) is 0 Å². The van der Waals surface area contributed by atoms with Crippen molar-refractivity contribution in [1.29, 1.82) is 0 Å². The molecule has 2 amide bonds. The van der Waals surface area contributed by atoms with Crippen molar-refractivity contribution in [2.24, 2.45) is 5.92 Å². The fraction of sp³-hybridized carbons (Fsp3) is 0.875. The summed E-state index contributed by atoms with van der Waals surface area (Å²) in [4.78, 5) is 28.9. The number of amides is 2. The molecule has 0 spiro atoms. The molecule has 2 atom stereocenters. The van der Waals surface area contributed by atoms with E-state index in [0.717, 1.165) is 64.7 Å². The number of nitrogens with zero attached hydrogens (tertiary/aromatic N) is 2. The maximum atomic E-state index is 12.5. The summed E-state index contributed by atoms with van der Waals surface area (Å²) in [7, 11) is 0. The van der Waals surface area contributed by atoms with Crippen LogP contribution in [0.25, 0.3) is 0 Å². The Labute approximate surface area is 127 Å². The smallest absolute Gasteiger partial charge is 0.239 e. The molecule has 1 N–H and O–H groups in total. The minimum atomic E-state index is -0.0837. The first-order valence-electron chi connectivity index (χ1n) is 8.48. The van der Waals surface area contributed by atoms with Gasteiger partial charge in [0.25, 0.3) is 0 Å². The molecule has 0 aromatic carbocycles. The zero-order chi connectivity index (χ0) is 14.8. The first kappa shape index (κ1) is 14.8. The third kappa shape index (κ3) is 3.57. The quantitative estimate of drug-likeness (QED) is 0.841. The summed E-state index contributed by atoms with van der Waals surface area (Å²) in [6, 6.07) is 0.344. The fourth-order valence-corrected chi connectivity index (χ4v) is 3.48. The lowest BCUT2D eigenvalue weighted by Crippen LogP contribution is -2.52. The molecule has 2 saturated heterocycles. The van der Waals surface area contributed by atoms with E-state index < -0.39 is 0 Å². The van der Waals surface area contributed by atoms with Crippen LogP contribution in [-0.4, -0.2) is 59.9 Å². The summed E-state index contributed by atoms with van der Waals surface area (Å²) >= 11 is 0. The number of hydrogen-bond donors (Lipinski definition) is 1. The van der Waals surface area contributed by atoms with Gasteiger partial charge in [-0.15, -0.1) is 0 Å². The van der Waals surface area contributed by atoms with Gasteiger partial charge in [-0.05, 0) is 52.0 Å². The van der Waals surface area contributed by atoms with Crippen molar-refractivity contribution in [3.63, 3.8) is 0 Å². The molecule has 5 heteroatoms. The number of likely N-dealkylation sites (tertiary alicyclic amines) is 2. The van der Waals surface area contributed by atoms with Crippen LogP contribution in [0.1, 0.15) is 45.4 Å². The van der Waals surface area contributed by atoms with Crippen molar-refractivity contribution in [2.45, 2.75) is 57.5 Å². The van der Waals surface area contributed by atoms with Gasteiger partial charge in [0.2, 0.25) is 11.8 Å². The Hall–Kier alpha value is -1.10. The Bertz CT molecular complexity index is 402. The number of carbonyl (C=O) groups is 2. The van der Waals surface area contributed by atoms with E-state index in [1.54, 1.807) is 0 Å². The second-order valence-corrected chi connectivity index (χ2v) is 6.83. The van der Waals surface area contributed by atoms with Gasteiger partial charge < -0.3 is 10.2 Å². The summed E-state index contributed by atoms with van der Waals surface area (Å²) < 4.78 is 0. The molecule has 21 heavy (non-hydrogen) atoms. The van der Waals surface area contributed by atoms with Crippen molar-refractivity contribution in [3.05, 3.63) is 0 Å². The molecule has 0 aromatic rings. The molecule has 5 nitrogen and oxygen atoms in total. The molecule has 3 fully saturated rings. The van der Waals surface area contributed by atoms with Crippen LogP contribution in [0.5, 0.6) is 0 Å². The second kappa shape index (κ2) is 6.34. The minimum Gasteiger partial charge on any atom is -0.353 e. The Kier molecular flexibility index (Phi) is 4.48. The summed E-state index contributed by atoms with van der Waals surface area (Å²) in [5.74, 6) is 0.506. The molecule has 118 valence electrons. The third-order valence-electron chi connectivity index (χ3n) is 5.07. The van der Waals surface area contributed by atoms with Crippen molar-refractivity contribution in [1.82, 2.24) is 15.1 Å². The average molecular weight is 293 g/mol. The van der Waals surface area contributed by atoms with Crippen molar-refractivity contribution in [2.75, 3.05) is 26.2 Å². The highest BCUT2D eigenvalue weighted by Crippen LogP contribution is 2.23. The van der Waals surface area contributed by atoms with Crippen molar-refractivity contribution >= 4 is 11.8 Å². The van der Waals surface area contributed by atoms with E-state index in [1.807, 2.05) is 11.8 Å². The molecule has 3 aliphatic rings. The van der Waals surface area contributed by atoms with Gasteiger partial charge in [-0.3, -0.25) is 14.5 Å². The Balaban J connectivity index is 1.54. The summed E-state index contributed by atoms with van der Waals surface area (Å²) in [6.45, 7) is 5.49. The topological polar surface area (TPSA) is 52.7 Å². The Morgan fingerprint density at radius 3 is 2.43 bits per heavy atom. The standard InChI is InChI=1S/C16H27N3O2/c1-12(16(21)18-8-2-3-9-18)19-10-4-5-13(11-19)15(20)17-14-6-7-14/h12-14H,2-11H2,1H3,(H,17,20)/t12-,13+/m0/s1. The molecule has 1 saturated carbocycles. The maximum Gasteiger partial charge on any atom is 0.239 e. The number of rotatable bonds is 4. The number of carbonyl (C=O) groups excluding carboxylic acids is 2. The van der Waals surface area contributed by atoms with Crippen LogP contribution >= 0.6 is 0 Å². The van der Waals surface area contributed by atoms with Gasteiger partial charge in [0, 0.05) is 25.7 Å².